The lowest BCUT2D eigenvalue weighted by atomic mass is 9.79. The second kappa shape index (κ2) is 4.91. The Morgan fingerprint density at radius 3 is 2.32 bits per heavy atom. The van der Waals surface area contributed by atoms with E-state index in [0.717, 1.165) is 6.42 Å². The van der Waals surface area contributed by atoms with Gasteiger partial charge in [-0.1, -0.05) is 45.9 Å². The smallest absolute Gasteiger partial charge is 0.207 e. The molecule has 1 fully saturated rings. The van der Waals surface area contributed by atoms with Crippen molar-refractivity contribution in [3.8, 4) is 0 Å². The molecular formula is C15H23NO2S. The van der Waals surface area contributed by atoms with Crippen molar-refractivity contribution in [2.24, 2.45) is 11.3 Å². The fraction of sp³-hybridized carbons (Fsp3) is 0.600. The number of hydrogen-bond acceptors (Lipinski definition) is 2. The molecule has 1 aromatic rings. The highest BCUT2D eigenvalue weighted by Gasteiger charge is 2.47. The Morgan fingerprint density at radius 2 is 1.79 bits per heavy atom. The third kappa shape index (κ3) is 2.56. The van der Waals surface area contributed by atoms with E-state index < -0.39 is 10.0 Å². The summed E-state index contributed by atoms with van der Waals surface area (Å²) >= 11 is 0. The zero-order chi connectivity index (χ0) is 14.3. The summed E-state index contributed by atoms with van der Waals surface area (Å²) in [6.45, 7) is 9.15. The quantitative estimate of drug-likeness (QED) is 0.853. The van der Waals surface area contributed by atoms with Crippen LogP contribution in [0.1, 0.15) is 34.1 Å². The summed E-state index contributed by atoms with van der Waals surface area (Å²) in [7, 11) is -3.37. The van der Waals surface area contributed by atoms with Gasteiger partial charge in [-0.2, -0.15) is 4.31 Å². The van der Waals surface area contributed by atoms with Gasteiger partial charge in [0, 0.05) is 12.6 Å². The zero-order valence-corrected chi connectivity index (χ0v) is 12.9. The molecule has 1 unspecified atom stereocenters. The Hall–Kier alpha value is -0.870. The third-order valence-electron chi connectivity index (χ3n) is 4.07. The van der Waals surface area contributed by atoms with E-state index in [9.17, 15) is 8.42 Å². The number of rotatable bonds is 3. The highest BCUT2D eigenvalue weighted by Crippen LogP contribution is 2.42. The Morgan fingerprint density at radius 1 is 1.21 bits per heavy atom. The lowest BCUT2D eigenvalue weighted by Crippen LogP contribution is -2.44. The van der Waals surface area contributed by atoms with Gasteiger partial charge in [-0.05, 0) is 29.9 Å². The molecular weight excluding hydrogens is 258 g/mol. The fourth-order valence-corrected chi connectivity index (χ4v) is 5.24. The summed E-state index contributed by atoms with van der Waals surface area (Å²) in [6.07, 6.45) is 0.919. The Kier molecular flexibility index (Phi) is 3.76. The van der Waals surface area contributed by atoms with Crippen LogP contribution < -0.4 is 0 Å². The maximum atomic E-state index is 12.8. The molecule has 0 aliphatic carbocycles. The minimum Gasteiger partial charge on any atom is -0.207 e. The molecule has 19 heavy (non-hydrogen) atoms. The number of hydrogen-bond donors (Lipinski definition) is 0. The van der Waals surface area contributed by atoms with Crippen LogP contribution in [0, 0.1) is 11.3 Å². The molecule has 0 bridgehead atoms. The van der Waals surface area contributed by atoms with E-state index in [1.165, 1.54) is 0 Å². The second-order valence-electron chi connectivity index (χ2n) is 6.36. The molecule has 0 amide bonds. The number of sulfonamides is 1. The SMILES string of the molecule is CC(C)C1N(S(=O)(=O)c2ccccc2)CCC1(C)C. The van der Waals surface area contributed by atoms with E-state index >= 15 is 0 Å². The van der Waals surface area contributed by atoms with Gasteiger partial charge >= 0.3 is 0 Å². The number of nitrogens with zero attached hydrogens (tertiary/aromatic N) is 1. The van der Waals surface area contributed by atoms with Crippen LogP contribution in [0.25, 0.3) is 0 Å². The van der Waals surface area contributed by atoms with Gasteiger partial charge in [0.1, 0.15) is 0 Å². The zero-order valence-electron chi connectivity index (χ0n) is 12.1. The summed E-state index contributed by atoms with van der Waals surface area (Å²) in [4.78, 5) is 0.401. The molecule has 0 aromatic heterocycles. The summed E-state index contributed by atoms with van der Waals surface area (Å²) in [5, 5.41) is 0. The molecule has 0 radical (unpaired) electrons. The van der Waals surface area contributed by atoms with E-state index in [0.29, 0.717) is 17.4 Å². The summed E-state index contributed by atoms with van der Waals surface area (Å²) in [6, 6.07) is 8.82. The molecule has 1 atom stereocenters. The standard InChI is InChI=1S/C15H23NO2S/c1-12(2)14-15(3,4)10-11-16(14)19(17,18)13-8-6-5-7-9-13/h5-9,12,14H,10-11H2,1-4H3. The van der Waals surface area contributed by atoms with Gasteiger partial charge in [0.15, 0.2) is 0 Å². The highest BCUT2D eigenvalue weighted by atomic mass is 32.2. The molecule has 2 rings (SSSR count). The van der Waals surface area contributed by atoms with E-state index in [2.05, 4.69) is 27.7 Å². The molecule has 0 N–H and O–H groups in total. The Labute approximate surface area is 116 Å². The van der Waals surface area contributed by atoms with Crippen molar-refractivity contribution in [3.05, 3.63) is 30.3 Å². The molecule has 3 nitrogen and oxygen atoms in total. The minimum absolute atomic E-state index is 0.0377. The van der Waals surface area contributed by atoms with Crippen LogP contribution in [0.5, 0.6) is 0 Å². The highest BCUT2D eigenvalue weighted by molar-refractivity contribution is 7.89. The first-order valence-corrected chi connectivity index (χ1v) is 8.28. The van der Waals surface area contributed by atoms with E-state index in [-0.39, 0.29) is 11.5 Å². The monoisotopic (exact) mass is 281 g/mol. The van der Waals surface area contributed by atoms with Crippen molar-refractivity contribution in [1.82, 2.24) is 4.31 Å². The number of benzene rings is 1. The molecule has 106 valence electrons. The molecule has 0 saturated carbocycles. The van der Waals surface area contributed by atoms with Crippen molar-refractivity contribution >= 4 is 10.0 Å². The van der Waals surface area contributed by atoms with E-state index in [4.69, 9.17) is 0 Å². The molecule has 1 aliphatic rings. The average molecular weight is 281 g/mol. The maximum absolute atomic E-state index is 12.8. The van der Waals surface area contributed by atoms with Crippen LogP contribution in [-0.4, -0.2) is 25.3 Å². The van der Waals surface area contributed by atoms with Crippen LogP contribution >= 0.6 is 0 Å². The van der Waals surface area contributed by atoms with Gasteiger partial charge in [-0.3, -0.25) is 0 Å². The van der Waals surface area contributed by atoms with Crippen molar-refractivity contribution < 1.29 is 8.42 Å². The summed E-state index contributed by atoms with van der Waals surface area (Å²) in [5.41, 5.74) is 0.0377. The van der Waals surface area contributed by atoms with Crippen LogP contribution in [0.4, 0.5) is 0 Å². The molecule has 1 saturated heterocycles. The van der Waals surface area contributed by atoms with E-state index in [1.54, 1.807) is 28.6 Å². The van der Waals surface area contributed by atoms with Gasteiger partial charge in [0.2, 0.25) is 10.0 Å². The molecule has 4 heteroatoms. The summed E-state index contributed by atoms with van der Waals surface area (Å²) < 4.78 is 27.2. The van der Waals surface area contributed by atoms with E-state index in [1.807, 2.05) is 6.07 Å². The van der Waals surface area contributed by atoms with Crippen LogP contribution in [0.3, 0.4) is 0 Å². The van der Waals surface area contributed by atoms with Crippen molar-refractivity contribution in [2.75, 3.05) is 6.54 Å². The minimum atomic E-state index is -3.37. The first-order chi connectivity index (χ1) is 8.77. The van der Waals surface area contributed by atoms with Gasteiger partial charge in [0.05, 0.1) is 4.90 Å². The second-order valence-corrected chi connectivity index (χ2v) is 8.25. The van der Waals surface area contributed by atoms with Gasteiger partial charge in [0.25, 0.3) is 0 Å². The van der Waals surface area contributed by atoms with Crippen molar-refractivity contribution in [3.63, 3.8) is 0 Å². The first-order valence-electron chi connectivity index (χ1n) is 6.84. The predicted octanol–water partition coefficient (Wildman–Crippen LogP) is 3.13. The Bertz CT molecular complexity index is 535. The van der Waals surface area contributed by atoms with Crippen LogP contribution in [-0.2, 0) is 10.0 Å². The average Bonchev–Trinajstić information content (AvgIpc) is 2.66. The Balaban J connectivity index is 2.42. The van der Waals surface area contributed by atoms with Gasteiger partial charge < -0.3 is 0 Å². The van der Waals surface area contributed by atoms with Crippen LogP contribution in [0.2, 0.25) is 0 Å². The normalized spacial score (nSPS) is 23.9. The lowest BCUT2D eigenvalue weighted by molar-refractivity contribution is 0.197. The largest absolute Gasteiger partial charge is 0.243 e. The topological polar surface area (TPSA) is 37.4 Å². The molecule has 1 aliphatic heterocycles. The van der Waals surface area contributed by atoms with Crippen LogP contribution in [0.15, 0.2) is 35.2 Å². The molecule has 1 aromatic carbocycles. The van der Waals surface area contributed by atoms with Crippen molar-refractivity contribution in [1.29, 1.82) is 0 Å². The lowest BCUT2D eigenvalue weighted by Gasteiger charge is -2.35. The van der Waals surface area contributed by atoms with Crippen molar-refractivity contribution in [2.45, 2.75) is 45.1 Å². The fourth-order valence-electron chi connectivity index (χ4n) is 3.31. The van der Waals surface area contributed by atoms with Gasteiger partial charge in [-0.25, -0.2) is 8.42 Å². The maximum Gasteiger partial charge on any atom is 0.243 e. The third-order valence-corrected chi connectivity index (χ3v) is 5.96. The first kappa shape index (κ1) is 14.5. The summed E-state index contributed by atoms with van der Waals surface area (Å²) in [5.74, 6) is 0.316. The molecule has 1 heterocycles. The molecule has 0 spiro atoms. The van der Waals surface area contributed by atoms with Gasteiger partial charge in [-0.15, -0.1) is 0 Å². The predicted molar refractivity (Wildman–Crippen MR) is 77.4 cm³/mol.